The highest BCUT2D eigenvalue weighted by Gasteiger charge is 2.25. The van der Waals surface area contributed by atoms with Gasteiger partial charge in [-0.05, 0) is 55.8 Å². The van der Waals surface area contributed by atoms with E-state index >= 15 is 0 Å². The molecule has 0 aliphatic carbocycles. The maximum absolute atomic E-state index is 13.3. The predicted molar refractivity (Wildman–Crippen MR) is 128 cm³/mol. The van der Waals surface area contributed by atoms with Crippen LogP contribution in [-0.2, 0) is 0 Å². The summed E-state index contributed by atoms with van der Waals surface area (Å²) in [5.74, 6) is 0.0846. The van der Waals surface area contributed by atoms with Gasteiger partial charge in [0.25, 0.3) is 5.91 Å². The zero-order chi connectivity index (χ0) is 22.2. The highest BCUT2D eigenvalue weighted by Crippen LogP contribution is 2.32. The van der Waals surface area contributed by atoms with Gasteiger partial charge < -0.3 is 9.80 Å². The van der Waals surface area contributed by atoms with E-state index in [1.807, 2.05) is 59.0 Å². The first-order chi connectivity index (χ1) is 15.5. The molecule has 0 saturated carbocycles. The molecule has 2 aromatic heterocycles. The minimum Gasteiger partial charge on any atom is -0.368 e. The van der Waals surface area contributed by atoms with E-state index in [0.29, 0.717) is 18.7 Å². The number of amides is 1. The number of aromatic nitrogens is 2. The molecule has 1 saturated heterocycles. The minimum absolute atomic E-state index is 0.0846. The van der Waals surface area contributed by atoms with Crippen molar-refractivity contribution in [1.82, 2.24) is 14.7 Å². The maximum atomic E-state index is 13.3. The normalized spacial score (nSPS) is 14.0. The molecule has 4 aromatic rings. The van der Waals surface area contributed by atoms with Crippen molar-refractivity contribution in [3.63, 3.8) is 0 Å². The lowest BCUT2D eigenvalue weighted by Gasteiger charge is -2.36. The fourth-order valence-electron chi connectivity index (χ4n) is 4.19. The summed E-state index contributed by atoms with van der Waals surface area (Å²) in [6.45, 7) is 6.97. The van der Waals surface area contributed by atoms with Gasteiger partial charge in [-0.1, -0.05) is 18.2 Å². The Morgan fingerprint density at radius 3 is 2.44 bits per heavy atom. The summed E-state index contributed by atoms with van der Waals surface area (Å²) < 4.78 is 1.96. The van der Waals surface area contributed by atoms with Crippen LogP contribution in [0.1, 0.15) is 26.5 Å². The molecule has 0 bridgehead atoms. The number of anilines is 1. The molecular formula is C25H23N5OS. The van der Waals surface area contributed by atoms with Crippen molar-refractivity contribution >= 4 is 33.1 Å². The number of thiophene rings is 1. The van der Waals surface area contributed by atoms with Gasteiger partial charge in [0.1, 0.15) is 4.83 Å². The van der Waals surface area contributed by atoms with E-state index in [0.717, 1.165) is 50.8 Å². The third-order valence-electron chi connectivity index (χ3n) is 6.03. The van der Waals surface area contributed by atoms with E-state index in [9.17, 15) is 4.79 Å². The number of nitriles is 1. The SMILES string of the molecule is Cc1ccccc1-n1nc(C)c2cc(C(=O)N3CCN(c4ccc(C#N)cc4)CC3)sc21. The summed E-state index contributed by atoms with van der Waals surface area (Å²) in [6.07, 6.45) is 0. The van der Waals surface area contributed by atoms with E-state index < -0.39 is 0 Å². The molecule has 6 nitrogen and oxygen atoms in total. The molecule has 5 rings (SSSR count). The van der Waals surface area contributed by atoms with Crippen molar-refractivity contribution in [1.29, 1.82) is 5.26 Å². The zero-order valence-electron chi connectivity index (χ0n) is 18.1. The Hall–Kier alpha value is -3.63. The van der Waals surface area contributed by atoms with Crippen LogP contribution in [0, 0.1) is 25.2 Å². The Kier molecular flexibility index (Phi) is 5.16. The number of piperazine rings is 1. The number of carbonyl (C=O) groups excluding carboxylic acids is 1. The quantitative estimate of drug-likeness (QED) is 0.468. The molecule has 0 spiro atoms. The molecule has 1 aliphatic heterocycles. The Labute approximate surface area is 190 Å². The molecule has 1 aliphatic rings. The lowest BCUT2D eigenvalue weighted by molar-refractivity contribution is 0.0751. The van der Waals surface area contributed by atoms with Crippen LogP contribution in [0.25, 0.3) is 15.9 Å². The van der Waals surface area contributed by atoms with Crippen LogP contribution in [-0.4, -0.2) is 46.8 Å². The average Bonchev–Trinajstić information content (AvgIpc) is 3.40. The molecule has 32 heavy (non-hydrogen) atoms. The first kappa shape index (κ1) is 20.3. The van der Waals surface area contributed by atoms with E-state index in [2.05, 4.69) is 30.0 Å². The van der Waals surface area contributed by atoms with Crippen molar-refractivity contribution in [2.75, 3.05) is 31.1 Å². The molecule has 1 amide bonds. The van der Waals surface area contributed by atoms with Crippen molar-refractivity contribution in [2.45, 2.75) is 13.8 Å². The molecule has 0 N–H and O–H groups in total. The number of hydrogen-bond acceptors (Lipinski definition) is 5. The topological polar surface area (TPSA) is 65.2 Å². The highest BCUT2D eigenvalue weighted by atomic mass is 32.1. The number of hydrogen-bond donors (Lipinski definition) is 0. The van der Waals surface area contributed by atoms with Crippen LogP contribution in [0.4, 0.5) is 5.69 Å². The second-order valence-electron chi connectivity index (χ2n) is 8.05. The van der Waals surface area contributed by atoms with Crippen LogP contribution < -0.4 is 4.90 Å². The highest BCUT2D eigenvalue weighted by molar-refractivity contribution is 7.20. The largest absolute Gasteiger partial charge is 0.368 e. The summed E-state index contributed by atoms with van der Waals surface area (Å²) in [6, 6.07) is 19.9. The van der Waals surface area contributed by atoms with Crippen molar-refractivity contribution < 1.29 is 4.79 Å². The zero-order valence-corrected chi connectivity index (χ0v) is 18.9. The number of aryl methyl sites for hydroxylation is 2. The lowest BCUT2D eigenvalue weighted by Crippen LogP contribution is -2.48. The third-order valence-corrected chi connectivity index (χ3v) is 7.13. The van der Waals surface area contributed by atoms with Gasteiger partial charge in [-0.25, -0.2) is 4.68 Å². The monoisotopic (exact) mass is 441 g/mol. The predicted octanol–water partition coefficient (Wildman–Crippen LogP) is 4.54. The van der Waals surface area contributed by atoms with Gasteiger partial charge in [0.15, 0.2) is 0 Å². The van der Waals surface area contributed by atoms with Gasteiger partial charge >= 0.3 is 0 Å². The molecule has 1 fully saturated rings. The van der Waals surface area contributed by atoms with Gasteiger partial charge in [0.2, 0.25) is 0 Å². The van der Waals surface area contributed by atoms with Crippen LogP contribution in [0.15, 0.2) is 54.6 Å². The number of benzene rings is 2. The van der Waals surface area contributed by atoms with Crippen molar-refractivity contribution in [3.05, 3.63) is 76.3 Å². The van der Waals surface area contributed by atoms with Gasteiger partial charge in [-0.15, -0.1) is 11.3 Å². The van der Waals surface area contributed by atoms with Crippen molar-refractivity contribution in [2.24, 2.45) is 0 Å². The van der Waals surface area contributed by atoms with Gasteiger partial charge in [-0.3, -0.25) is 4.79 Å². The Balaban J connectivity index is 1.35. The fourth-order valence-corrected chi connectivity index (χ4v) is 5.33. The third kappa shape index (κ3) is 3.53. The van der Waals surface area contributed by atoms with E-state index in [1.54, 1.807) is 0 Å². The molecule has 2 aromatic carbocycles. The van der Waals surface area contributed by atoms with E-state index in [1.165, 1.54) is 11.3 Å². The molecule has 0 radical (unpaired) electrons. The van der Waals surface area contributed by atoms with Crippen LogP contribution in [0.5, 0.6) is 0 Å². The van der Waals surface area contributed by atoms with Gasteiger partial charge in [0.05, 0.1) is 27.9 Å². The number of carbonyl (C=O) groups is 1. The van der Waals surface area contributed by atoms with Crippen LogP contribution in [0.3, 0.4) is 0 Å². The molecule has 160 valence electrons. The molecule has 3 heterocycles. The first-order valence-corrected chi connectivity index (χ1v) is 11.5. The molecule has 0 unspecified atom stereocenters. The Morgan fingerprint density at radius 2 is 1.75 bits per heavy atom. The average molecular weight is 442 g/mol. The first-order valence-electron chi connectivity index (χ1n) is 10.6. The summed E-state index contributed by atoms with van der Waals surface area (Å²) in [4.78, 5) is 19.2. The summed E-state index contributed by atoms with van der Waals surface area (Å²) in [5, 5.41) is 14.7. The Bertz CT molecular complexity index is 1340. The van der Waals surface area contributed by atoms with Gasteiger partial charge in [0, 0.05) is 37.3 Å². The van der Waals surface area contributed by atoms with E-state index in [4.69, 9.17) is 10.4 Å². The number of para-hydroxylation sites is 1. The molecular weight excluding hydrogens is 418 g/mol. The van der Waals surface area contributed by atoms with Gasteiger partial charge in [-0.2, -0.15) is 10.4 Å². The number of fused-ring (bicyclic) bond motifs is 1. The Morgan fingerprint density at radius 1 is 1.03 bits per heavy atom. The standard InChI is InChI=1S/C25H23N5OS/c1-17-5-3-4-6-22(17)30-25-21(18(2)27-30)15-23(32-25)24(31)29-13-11-28(12-14-29)20-9-7-19(16-26)8-10-20/h3-10,15H,11-14H2,1-2H3. The summed E-state index contributed by atoms with van der Waals surface area (Å²) in [5.41, 5.74) is 4.88. The maximum Gasteiger partial charge on any atom is 0.264 e. The summed E-state index contributed by atoms with van der Waals surface area (Å²) >= 11 is 1.52. The fraction of sp³-hybridized carbons (Fsp3) is 0.240. The lowest BCUT2D eigenvalue weighted by atomic mass is 10.2. The van der Waals surface area contributed by atoms with Crippen LogP contribution in [0.2, 0.25) is 0 Å². The second-order valence-corrected chi connectivity index (χ2v) is 9.08. The summed E-state index contributed by atoms with van der Waals surface area (Å²) in [7, 11) is 0. The second kappa shape index (κ2) is 8.13. The van der Waals surface area contributed by atoms with Crippen molar-refractivity contribution in [3.8, 4) is 11.8 Å². The van der Waals surface area contributed by atoms with E-state index in [-0.39, 0.29) is 5.91 Å². The molecule has 7 heteroatoms. The minimum atomic E-state index is 0.0846. The van der Waals surface area contributed by atoms with Crippen LogP contribution >= 0.6 is 11.3 Å². The number of nitrogens with zero attached hydrogens (tertiary/aromatic N) is 5. The smallest absolute Gasteiger partial charge is 0.264 e. The molecule has 0 atom stereocenters. The number of rotatable bonds is 3.